The van der Waals surface area contributed by atoms with Crippen molar-refractivity contribution in [1.29, 1.82) is 0 Å². The van der Waals surface area contributed by atoms with E-state index in [1.165, 1.54) is 11.8 Å². The van der Waals surface area contributed by atoms with Gasteiger partial charge in [0.25, 0.3) is 11.5 Å². The smallest absolute Gasteiger partial charge is 0.296 e. The molecule has 7 nitrogen and oxygen atoms in total. The number of aromatic nitrogens is 3. The topological polar surface area (TPSA) is 69.4 Å². The first-order chi connectivity index (χ1) is 16.3. The van der Waals surface area contributed by atoms with E-state index in [4.69, 9.17) is 16.3 Å². The Balaban J connectivity index is 1.80. The number of ether oxygens (including phenoxy) is 1. The number of benzene rings is 2. The third kappa shape index (κ3) is 3.55. The Hall–Kier alpha value is -3.32. The zero-order valence-electron chi connectivity index (χ0n) is 19.7. The third-order valence-corrected chi connectivity index (χ3v) is 6.97. The van der Waals surface area contributed by atoms with Gasteiger partial charge in [0.15, 0.2) is 5.69 Å². The second-order valence-electron chi connectivity index (χ2n) is 9.34. The van der Waals surface area contributed by atoms with Crippen LogP contribution in [-0.4, -0.2) is 45.4 Å². The van der Waals surface area contributed by atoms with E-state index in [2.05, 4.69) is 18.9 Å². The summed E-state index contributed by atoms with van der Waals surface area (Å²) in [6.45, 7) is 5.67. The Morgan fingerprint density at radius 2 is 1.82 bits per heavy atom. The first-order valence-electron chi connectivity index (χ1n) is 11.4. The molecule has 0 N–H and O–H groups in total. The second kappa shape index (κ2) is 8.47. The van der Waals surface area contributed by atoms with E-state index in [0.29, 0.717) is 52.3 Å². The average Bonchev–Trinajstić information content (AvgIpc) is 3.11. The molecule has 2 aromatic heterocycles. The predicted octanol–water partition coefficient (Wildman–Crippen LogP) is 4.66. The number of likely N-dealkylation sites (tertiary alicyclic amines) is 1. The van der Waals surface area contributed by atoms with E-state index < -0.39 is 0 Å². The molecule has 3 heterocycles. The SMILES string of the molecule is COc1ccc(-n2nc(C(=O)N3C[C@@H](C)C[C@H](C)C3)c3c4ccccc4n(C)c3c2=O)cc1Cl. The van der Waals surface area contributed by atoms with Crippen LogP contribution in [0.1, 0.15) is 30.8 Å². The number of carbonyl (C=O) groups excluding carboxylic acids is 1. The number of rotatable bonds is 3. The van der Waals surface area contributed by atoms with Gasteiger partial charge in [0.1, 0.15) is 11.3 Å². The number of para-hydroxylation sites is 1. The number of hydrogen-bond acceptors (Lipinski definition) is 4. The van der Waals surface area contributed by atoms with Crippen LogP contribution in [0.4, 0.5) is 0 Å². The highest BCUT2D eigenvalue weighted by atomic mass is 35.5. The molecule has 0 spiro atoms. The van der Waals surface area contributed by atoms with Crippen molar-refractivity contribution in [2.45, 2.75) is 20.3 Å². The fraction of sp³-hybridized carbons (Fsp3) is 0.346. The summed E-state index contributed by atoms with van der Waals surface area (Å²) in [5.41, 5.74) is 1.74. The Morgan fingerprint density at radius 3 is 2.50 bits per heavy atom. The van der Waals surface area contributed by atoms with E-state index >= 15 is 0 Å². The summed E-state index contributed by atoms with van der Waals surface area (Å²) in [7, 11) is 3.38. The maximum absolute atomic E-state index is 13.9. The quantitative estimate of drug-likeness (QED) is 0.429. The standard InChI is InChI=1S/C26H27ClN4O3/c1-15-11-16(2)14-30(13-15)25(32)23-22-18-7-5-6-8-20(18)29(3)24(22)26(33)31(28-23)17-9-10-21(34-4)19(27)12-17/h5-10,12,15-16H,11,13-14H2,1-4H3/t15-,16-/m0/s1. The number of amides is 1. The van der Waals surface area contributed by atoms with Crippen LogP contribution < -0.4 is 10.3 Å². The van der Waals surface area contributed by atoms with Gasteiger partial charge in [-0.05, 0) is 42.5 Å². The van der Waals surface area contributed by atoms with Crippen LogP contribution in [0, 0.1) is 11.8 Å². The second-order valence-corrected chi connectivity index (χ2v) is 9.75. The van der Waals surface area contributed by atoms with E-state index in [9.17, 15) is 9.59 Å². The highest BCUT2D eigenvalue weighted by molar-refractivity contribution is 6.32. The molecule has 1 saturated heterocycles. The molecular formula is C26H27ClN4O3. The van der Waals surface area contributed by atoms with Crippen LogP contribution in [0.15, 0.2) is 47.3 Å². The number of nitrogens with zero attached hydrogens (tertiary/aromatic N) is 4. The average molecular weight is 479 g/mol. The molecule has 0 radical (unpaired) electrons. The first kappa shape index (κ1) is 22.5. The van der Waals surface area contributed by atoms with Gasteiger partial charge in [-0.1, -0.05) is 43.6 Å². The van der Waals surface area contributed by atoms with Crippen LogP contribution >= 0.6 is 11.6 Å². The molecule has 4 aromatic rings. The summed E-state index contributed by atoms with van der Waals surface area (Å²) in [4.78, 5) is 29.5. The van der Waals surface area contributed by atoms with Crippen molar-refractivity contribution in [2.75, 3.05) is 20.2 Å². The number of methoxy groups -OCH3 is 1. The van der Waals surface area contributed by atoms with Crippen molar-refractivity contribution in [3.05, 3.63) is 63.5 Å². The van der Waals surface area contributed by atoms with Gasteiger partial charge in [0.2, 0.25) is 0 Å². The van der Waals surface area contributed by atoms with Crippen molar-refractivity contribution in [3.8, 4) is 11.4 Å². The molecule has 34 heavy (non-hydrogen) atoms. The van der Waals surface area contributed by atoms with E-state index in [1.807, 2.05) is 40.8 Å². The number of fused-ring (bicyclic) bond motifs is 3. The number of piperidine rings is 1. The van der Waals surface area contributed by atoms with Gasteiger partial charge in [-0.25, -0.2) is 0 Å². The molecular weight excluding hydrogens is 452 g/mol. The summed E-state index contributed by atoms with van der Waals surface area (Å²) in [5.74, 6) is 1.15. The lowest BCUT2D eigenvalue weighted by Gasteiger charge is -2.34. The third-order valence-electron chi connectivity index (χ3n) is 6.68. The number of hydrogen-bond donors (Lipinski definition) is 0. The number of halogens is 1. The molecule has 5 rings (SSSR count). The molecule has 0 bridgehead atoms. The fourth-order valence-corrected chi connectivity index (χ4v) is 5.52. The minimum Gasteiger partial charge on any atom is -0.495 e. The first-order valence-corrected chi connectivity index (χ1v) is 11.8. The molecule has 2 aromatic carbocycles. The van der Waals surface area contributed by atoms with Crippen LogP contribution in [-0.2, 0) is 7.05 Å². The Bertz CT molecular complexity index is 1480. The van der Waals surface area contributed by atoms with Gasteiger partial charge in [0, 0.05) is 36.4 Å². The summed E-state index contributed by atoms with van der Waals surface area (Å²) in [6.07, 6.45) is 1.09. The summed E-state index contributed by atoms with van der Waals surface area (Å²) >= 11 is 6.35. The van der Waals surface area contributed by atoms with E-state index in [1.54, 1.807) is 18.2 Å². The summed E-state index contributed by atoms with van der Waals surface area (Å²) in [5, 5.41) is 6.45. The molecule has 1 aliphatic heterocycles. The molecule has 1 fully saturated rings. The van der Waals surface area contributed by atoms with E-state index in [0.717, 1.165) is 17.3 Å². The molecule has 176 valence electrons. The Labute approximate surface area is 202 Å². The van der Waals surface area contributed by atoms with Gasteiger partial charge in [-0.2, -0.15) is 9.78 Å². The van der Waals surface area contributed by atoms with Gasteiger partial charge >= 0.3 is 0 Å². The largest absolute Gasteiger partial charge is 0.495 e. The van der Waals surface area contributed by atoms with Crippen LogP contribution in [0.25, 0.3) is 27.5 Å². The summed E-state index contributed by atoms with van der Waals surface area (Å²) < 4.78 is 8.37. The van der Waals surface area contributed by atoms with Crippen molar-refractivity contribution >= 4 is 39.3 Å². The van der Waals surface area contributed by atoms with Crippen molar-refractivity contribution < 1.29 is 9.53 Å². The van der Waals surface area contributed by atoms with Gasteiger partial charge in [0.05, 0.1) is 17.8 Å². The number of carbonyl (C=O) groups is 1. The van der Waals surface area contributed by atoms with Gasteiger partial charge < -0.3 is 14.2 Å². The molecule has 2 atom stereocenters. The van der Waals surface area contributed by atoms with Crippen molar-refractivity contribution in [1.82, 2.24) is 19.2 Å². The van der Waals surface area contributed by atoms with Gasteiger partial charge in [-0.3, -0.25) is 9.59 Å². The highest BCUT2D eigenvalue weighted by Gasteiger charge is 2.31. The molecule has 1 amide bonds. The molecule has 0 saturated carbocycles. The van der Waals surface area contributed by atoms with Crippen molar-refractivity contribution in [3.63, 3.8) is 0 Å². The lowest BCUT2D eigenvalue weighted by atomic mass is 9.91. The number of aryl methyl sites for hydroxylation is 1. The van der Waals surface area contributed by atoms with Gasteiger partial charge in [-0.15, -0.1) is 0 Å². The monoisotopic (exact) mass is 478 g/mol. The fourth-order valence-electron chi connectivity index (χ4n) is 5.27. The molecule has 1 aliphatic rings. The van der Waals surface area contributed by atoms with Crippen molar-refractivity contribution in [2.24, 2.45) is 18.9 Å². The minimum atomic E-state index is -0.313. The van der Waals surface area contributed by atoms with E-state index in [-0.39, 0.29) is 17.2 Å². The highest BCUT2D eigenvalue weighted by Crippen LogP contribution is 2.31. The lowest BCUT2D eigenvalue weighted by molar-refractivity contribution is 0.0617. The Morgan fingerprint density at radius 1 is 1.12 bits per heavy atom. The maximum atomic E-state index is 13.9. The zero-order valence-corrected chi connectivity index (χ0v) is 20.5. The predicted molar refractivity (Wildman–Crippen MR) is 134 cm³/mol. The molecule has 8 heteroatoms. The van der Waals surface area contributed by atoms with Crippen LogP contribution in [0.5, 0.6) is 5.75 Å². The minimum absolute atomic E-state index is 0.159. The molecule has 0 aliphatic carbocycles. The zero-order chi connectivity index (χ0) is 24.1. The van der Waals surface area contributed by atoms with Crippen LogP contribution in [0.3, 0.4) is 0 Å². The molecule has 0 unspecified atom stereocenters. The normalized spacial score (nSPS) is 18.6. The Kier molecular flexibility index (Phi) is 5.60. The summed E-state index contributed by atoms with van der Waals surface area (Å²) in [6, 6.07) is 12.7. The van der Waals surface area contributed by atoms with Crippen LogP contribution in [0.2, 0.25) is 5.02 Å². The maximum Gasteiger partial charge on any atom is 0.296 e. The lowest BCUT2D eigenvalue weighted by Crippen LogP contribution is -2.43.